The van der Waals surface area contributed by atoms with E-state index in [9.17, 15) is 19.1 Å². The van der Waals surface area contributed by atoms with Gasteiger partial charge in [-0.3, -0.25) is 9.59 Å². The van der Waals surface area contributed by atoms with E-state index in [1.165, 1.54) is 11.0 Å². The first-order chi connectivity index (χ1) is 16.7. The number of nitrogens with one attached hydrogen (secondary N) is 1. The number of fused-ring (bicyclic) bond motifs is 1. The Labute approximate surface area is 211 Å². The minimum Gasteiger partial charge on any atom is -0.508 e. The Morgan fingerprint density at radius 2 is 1.91 bits per heavy atom. The molecule has 0 aliphatic carbocycles. The first-order valence-corrected chi connectivity index (χ1v) is 11.9. The summed E-state index contributed by atoms with van der Waals surface area (Å²) in [5.41, 5.74) is 3.21. The van der Waals surface area contributed by atoms with Crippen LogP contribution in [0.1, 0.15) is 40.8 Å². The van der Waals surface area contributed by atoms with E-state index in [0.717, 1.165) is 16.7 Å². The number of rotatable bonds is 5. The summed E-state index contributed by atoms with van der Waals surface area (Å²) in [4.78, 5) is 28.2. The average molecular weight is 536 g/mol. The molecule has 3 aromatic rings. The van der Waals surface area contributed by atoms with E-state index in [2.05, 4.69) is 21.2 Å². The van der Waals surface area contributed by atoms with Crippen LogP contribution in [-0.2, 0) is 29.0 Å². The first-order valence-electron chi connectivity index (χ1n) is 11.1. The second-order valence-corrected chi connectivity index (χ2v) is 9.49. The van der Waals surface area contributed by atoms with Gasteiger partial charge in [0.15, 0.2) is 0 Å². The lowest BCUT2D eigenvalue weighted by molar-refractivity contribution is -0.141. The molecule has 1 unspecified atom stereocenters. The maximum atomic E-state index is 14.4. The van der Waals surface area contributed by atoms with E-state index in [-0.39, 0.29) is 31.0 Å². The molecule has 0 spiro atoms. The topological polar surface area (TPSA) is 93.4 Å². The Bertz CT molecular complexity index is 1320. The lowest BCUT2D eigenvalue weighted by Crippen LogP contribution is -2.53. The summed E-state index contributed by atoms with van der Waals surface area (Å²) < 4.78 is 15.0. The molecule has 2 N–H and O–H groups in total. The van der Waals surface area contributed by atoms with Gasteiger partial charge in [0.25, 0.3) is 0 Å². The molecule has 0 radical (unpaired) electrons. The van der Waals surface area contributed by atoms with Gasteiger partial charge < -0.3 is 15.3 Å². The number of aromatic hydroxyl groups is 1. The summed E-state index contributed by atoms with van der Waals surface area (Å²) in [6.45, 7) is 1.90. The molecular formula is C27H23BrFN3O3. The molecule has 6 nitrogen and oxygen atoms in total. The van der Waals surface area contributed by atoms with E-state index in [4.69, 9.17) is 5.26 Å². The number of amides is 2. The Balaban J connectivity index is 1.58. The van der Waals surface area contributed by atoms with Crippen LogP contribution >= 0.6 is 15.9 Å². The number of halogens is 2. The van der Waals surface area contributed by atoms with Gasteiger partial charge in [-0.2, -0.15) is 5.26 Å². The molecule has 0 saturated heterocycles. The van der Waals surface area contributed by atoms with Crippen molar-refractivity contribution in [2.75, 3.05) is 0 Å². The van der Waals surface area contributed by atoms with Crippen LogP contribution in [0.5, 0.6) is 5.75 Å². The zero-order valence-electron chi connectivity index (χ0n) is 19.0. The number of hydrogen-bond acceptors (Lipinski definition) is 4. The van der Waals surface area contributed by atoms with Crippen LogP contribution in [-0.4, -0.2) is 27.9 Å². The van der Waals surface area contributed by atoms with Gasteiger partial charge in [-0.05, 0) is 60.0 Å². The number of carbonyl (C=O) groups is 2. The second kappa shape index (κ2) is 10.3. The van der Waals surface area contributed by atoms with Gasteiger partial charge in [-0.25, -0.2) is 4.39 Å². The summed E-state index contributed by atoms with van der Waals surface area (Å²) in [7, 11) is 0. The Kier molecular flexibility index (Phi) is 7.17. The first kappa shape index (κ1) is 24.4. The van der Waals surface area contributed by atoms with Crippen molar-refractivity contribution in [3.8, 4) is 11.8 Å². The summed E-state index contributed by atoms with van der Waals surface area (Å²) >= 11 is 3.23. The number of phenolic OH excluding ortho intramolecular Hbond substituents is 1. The molecule has 0 aromatic heterocycles. The number of nitrogens with zero attached hydrogens (tertiary/aromatic N) is 2. The van der Waals surface area contributed by atoms with E-state index < -0.39 is 23.8 Å². The number of carbonyl (C=O) groups excluding carboxylic acids is 2. The molecule has 1 aliphatic rings. The summed E-state index contributed by atoms with van der Waals surface area (Å²) in [6.07, 6.45) is 0.296. The monoisotopic (exact) mass is 535 g/mol. The third kappa shape index (κ3) is 5.52. The van der Waals surface area contributed by atoms with Gasteiger partial charge in [0, 0.05) is 23.0 Å². The molecule has 2 atom stereocenters. The number of phenols is 1. The molecule has 0 saturated carbocycles. The Morgan fingerprint density at radius 1 is 1.17 bits per heavy atom. The van der Waals surface area contributed by atoms with Gasteiger partial charge in [0.1, 0.15) is 17.6 Å². The van der Waals surface area contributed by atoms with Crippen molar-refractivity contribution in [3.63, 3.8) is 0 Å². The highest BCUT2D eigenvalue weighted by Crippen LogP contribution is 2.28. The van der Waals surface area contributed by atoms with Crippen LogP contribution in [0, 0.1) is 17.1 Å². The highest BCUT2D eigenvalue weighted by Gasteiger charge is 2.35. The van der Waals surface area contributed by atoms with E-state index in [0.29, 0.717) is 15.6 Å². The Hall–Kier alpha value is -3.70. The molecule has 2 amide bonds. The second-order valence-electron chi connectivity index (χ2n) is 8.58. The van der Waals surface area contributed by atoms with Gasteiger partial charge in [0.2, 0.25) is 11.8 Å². The molecule has 1 heterocycles. The summed E-state index contributed by atoms with van der Waals surface area (Å²) in [5.74, 6) is -0.997. The van der Waals surface area contributed by atoms with Crippen molar-refractivity contribution in [2.24, 2.45) is 0 Å². The molecule has 178 valence electrons. The summed E-state index contributed by atoms with van der Waals surface area (Å²) in [6, 6.07) is 16.9. The maximum absolute atomic E-state index is 14.4. The zero-order valence-corrected chi connectivity index (χ0v) is 20.5. The molecule has 4 rings (SSSR count). The summed E-state index contributed by atoms with van der Waals surface area (Å²) in [5, 5.41) is 21.8. The number of hydrogen-bond donors (Lipinski definition) is 2. The van der Waals surface area contributed by atoms with Crippen LogP contribution < -0.4 is 5.32 Å². The van der Waals surface area contributed by atoms with Crippen molar-refractivity contribution in [3.05, 3.63) is 98.8 Å². The van der Waals surface area contributed by atoms with Gasteiger partial charge in [-0.15, -0.1) is 0 Å². The van der Waals surface area contributed by atoms with Crippen molar-refractivity contribution >= 4 is 27.7 Å². The lowest BCUT2D eigenvalue weighted by atomic mass is 9.92. The average Bonchev–Trinajstić information content (AvgIpc) is 2.83. The standard InChI is InChI=1S/C27H23BrFN3O3/c1-16(23-9-7-21(28)13-24(23)29)31-27(35)25-12-20-11-22(33)8-6-19(20)15-32(25)26(34)10-17-2-4-18(14-30)5-3-17/h2-9,11,13,16,25,33H,10,12,15H2,1H3,(H,31,35)/t16-,25?/m0/s1. The highest BCUT2D eigenvalue weighted by atomic mass is 79.9. The van der Waals surface area contributed by atoms with Crippen LogP contribution in [0.25, 0.3) is 0 Å². The molecule has 35 heavy (non-hydrogen) atoms. The van der Waals surface area contributed by atoms with E-state index in [1.807, 2.05) is 6.07 Å². The zero-order chi connectivity index (χ0) is 25.1. The highest BCUT2D eigenvalue weighted by molar-refractivity contribution is 9.10. The number of benzene rings is 3. The van der Waals surface area contributed by atoms with E-state index in [1.54, 1.807) is 61.5 Å². The molecular weight excluding hydrogens is 513 g/mol. The smallest absolute Gasteiger partial charge is 0.243 e. The van der Waals surface area contributed by atoms with E-state index >= 15 is 0 Å². The SMILES string of the molecule is C[C@H](NC(=O)C1Cc2cc(O)ccc2CN1C(=O)Cc1ccc(C#N)cc1)c1ccc(Br)cc1F. The van der Waals surface area contributed by atoms with Crippen molar-refractivity contribution < 1.29 is 19.1 Å². The van der Waals surface area contributed by atoms with Gasteiger partial charge >= 0.3 is 0 Å². The minimum atomic E-state index is -0.823. The van der Waals surface area contributed by atoms with Crippen molar-refractivity contribution in [1.82, 2.24) is 10.2 Å². The fourth-order valence-corrected chi connectivity index (χ4v) is 4.61. The lowest BCUT2D eigenvalue weighted by Gasteiger charge is -2.37. The molecule has 0 fully saturated rings. The predicted octanol–water partition coefficient (Wildman–Crippen LogP) is 4.54. The Morgan fingerprint density at radius 3 is 2.60 bits per heavy atom. The minimum absolute atomic E-state index is 0.0692. The maximum Gasteiger partial charge on any atom is 0.243 e. The van der Waals surface area contributed by atoms with Gasteiger partial charge in [-0.1, -0.05) is 40.2 Å². The van der Waals surface area contributed by atoms with Crippen LogP contribution in [0.15, 0.2) is 65.1 Å². The fraction of sp³-hybridized carbons (Fsp3) is 0.222. The third-order valence-corrected chi connectivity index (χ3v) is 6.66. The third-order valence-electron chi connectivity index (χ3n) is 6.17. The largest absolute Gasteiger partial charge is 0.508 e. The molecule has 3 aromatic carbocycles. The van der Waals surface area contributed by atoms with Crippen LogP contribution in [0.3, 0.4) is 0 Å². The van der Waals surface area contributed by atoms with Crippen molar-refractivity contribution in [2.45, 2.75) is 38.4 Å². The molecule has 1 aliphatic heterocycles. The van der Waals surface area contributed by atoms with Crippen LogP contribution in [0.4, 0.5) is 4.39 Å². The molecule has 0 bridgehead atoms. The quantitative estimate of drug-likeness (QED) is 0.501. The van der Waals surface area contributed by atoms with Gasteiger partial charge in [0.05, 0.1) is 24.1 Å². The van der Waals surface area contributed by atoms with Crippen molar-refractivity contribution in [1.29, 1.82) is 5.26 Å². The number of nitriles is 1. The predicted molar refractivity (Wildman–Crippen MR) is 132 cm³/mol. The molecule has 8 heteroatoms. The van der Waals surface area contributed by atoms with Crippen LogP contribution in [0.2, 0.25) is 0 Å². The normalized spacial score (nSPS) is 15.6. The fourth-order valence-electron chi connectivity index (χ4n) is 4.28.